The zero-order valence-corrected chi connectivity index (χ0v) is 5.76. The number of Topliss-reactive ketones (excluding diaryl/α,β-unsaturated/α-hetero) is 1. The molecule has 0 aromatic carbocycles. The van der Waals surface area contributed by atoms with Crippen LogP contribution in [0, 0.1) is 11.3 Å². The molecule has 0 spiro atoms. The van der Waals surface area contributed by atoms with Crippen LogP contribution in [0.15, 0.2) is 11.6 Å². The Balaban J connectivity index is 2.74. The summed E-state index contributed by atoms with van der Waals surface area (Å²) in [6.07, 6.45) is 5.15. The third kappa shape index (κ3) is 1.44. The van der Waals surface area contributed by atoms with Gasteiger partial charge >= 0.3 is 0 Å². The van der Waals surface area contributed by atoms with Gasteiger partial charge in [0.2, 0.25) is 0 Å². The zero-order chi connectivity index (χ0) is 7.40. The molecule has 0 fully saturated rings. The molecule has 0 atom stereocenters. The highest BCUT2D eigenvalue weighted by Crippen LogP contribution is 2.12. The maximum Gasteiger partial charge on any atom is 0.173 e. The Labute approximate surface area is 60.2 Å². The van der Waals surface area contributed by atoms with Crippen LogP contribution in [0.3, 0.4) is 0 Å². The molecule has 0 aliphatic heterocycles. The van der Waals surface area contributed by atoms with Gasteiger partial charge in [-0.1, -0.05) is 6.08 Å². The Morgan fingerprint density at radius 2 is 2.30 bits per heavy atom. The number of hydrogen-bond acceptors (Lipinski definition) is 2. The van der Waals surface area contributed by atoms with Gasteiger partial charge in [-0.2, -0.15) is 5.26 Å². The summed E-state index contributed by atoms with van der Waals surface area (Å²) in [5.74, 6) is 0.0139. The van der Waals surface area contributed by atoms with Gasteiger partial charge in [-0.05, 0) is 19.3 Å². The van der Waals surface area contributed by atoms with E-state index in [1.54, 1.807) is 6.08 Å². The molecule has 52 valence electrons. The van der Waals surface area contributed by atoms with Gasteiger partial charge in [-0.15, -0.1) is 0 Å². The molecular formula is C8H9NO. The Hall–Kier alpha value is -1.10. The van der Waals surface area contributed by atoms with Gasteiger partial charge in [0.05, 0.1) is 5.57 Å². The summed E-state index contributed by atoms with van der Waals surface area (Å²) < 4.78 is 0. The van der Waals surface area contributed by atoms with Crippen molar-refractivity contribution < 1.29 is 4.79 Å². The van der Waals surface area contributed by atoms with Crippen LogP contribution in [0.4, 0.5) is 0 Å². The van der Waals surface area contributed by atoms with Crippen molar-refractivity contribution in [1.82, 2.24) is 0 Å². The highest BCUT2D eigenvalue weighted by molar-refractivity contribution is 5.99. The van der Waals surface area contributed by atoms with Gasteiger partial charge in [0.15, 0.2) is 5.78 Å². The van der Waals surface area contributed by atoms with Crippen molar-refractivity contribution in [2.24, 2.45) is 0 Å². The molecule has 0 bridgehead atoms. The predicted octanol–water partition coefficient (Wildman–Crippen LogP) is 1.58. The summed E-state index contributed by atoms with van der Waals surface area (Å²) in [7, 11) is 0. The summed E-state index contributed by atoms with van der Waals surface area (Å²) in [5, 5.41) is 8.45. The van der Waals surface area contributed by atoms with E-state index in [1.807, 2.05) is 6.07 Å². The topological polar surface area (TPSA) is 40.9 Å². The average molecular weight is 135 g/mol. The van der Waals surface area contributed by atoms with Crippen molar-refractivity contribution in [2.75, 3.05) is 0 Å². The first-order chi connectivity index (χ1) is 4.84. The molecule has 0 amide bonds. The summed E-state index contributed by atoms with van der Waals surface area (Å²) in [5.41, 5.74) is 0.359. The minimum atomic E-state index is 0.0139. The van der Waals surface area contributed by atoms with E-state index in [-0.39, 0.29) is 5.78 Å². The van der Waals surface area contributed by atoms with Gasteiger partial charge < -0.3 is 0 Å². The lowest BCUT2D eigenvalue weighted by atomic mass is 10.1. The fraction of sp³-hybridized carbons (Fsp3) is 0.500. The molecular weight excluding hydrogens is 126 g/mol. The number of hydrogen-bond donors (Lipinski definition) is 0. The smallest absolute Gasteiger partial charge is 0.173 e. The van der Waals surface area contributed by atoms with E-state index in [9.17, 15) is 4.79 Å². The van der Waals surface area contributed by atoms with Gasteiger partial charge in [0, 0.05) is 6.42 Å². The highest BCUT2D eigenvalue weighted by Gasteiger charge is 2.10. The molecule has 0 heterocycles. The molecule has 0 saturated heterocycles. The SMILES string of the molecule is N#CC1=CCCCCC1=O. The van der Waals surface area contributed by atoms with Crippen LogP contribution in [0.25, 0.3) is 0 Å². The normalized spacial score (nSPS) is 19.1. The Morgan fingerprint density at radius 1 is 1.50 bits per heavy atom. The van der Waals surface area contributed by atoms with E-state index in [2.05, 4.69) is 0 Å². The molecule has 1 rings (SSSR count). The molecule has 0 radical (unpaired) electrons. The van der Waals surface area contributed by atoms with Crippen molar-refractivity contribution in [2.45, 2.75) is 25.7 Å². The number of nitrogens with zero attached hydrogens (tertiary/aromatic N) is 1. The third-order valence-corrected chi connectivity index (χ3v) is 1.63. The summed E-state index contributed by atoms with van der Waals surface area (Å²) in [6, 6.07) is 1.91. The van der Waals surface area contributed by atoms with Gasteiger partial charge in [0.1, 0.15) is 6.07 Å². The first kappa shape index (κ1) is 7.01. The number of ketones is 1. The van der Waals surface area contributed by atoms with Gasteiger partial charge in [-0.3, -0.25) is 4.79 Å². The lowest BCUT2D eigenvalue weighted by Gasteiger charge is -1.89. The van der Waals surface area contributed by atoms with Crippen LogP contribution in [0.5, 0.6) is 0 Å². The number of carbonyl (C=O) groups is 1. The first-order valence-corrected chi connectivity index (χ1v) is 3.48. The molecule has 1 aliphatic rings. The van der Waals surface area contributed by atoms with E-state index in [1.165, 1.54) is 0 Å². The molecule has 2 heteroatoms. The number of allylic oxidation sites excluding steroid dienone is 2. The maximum atomic E-state index is 11.0. The van der Waals surface area contributed by atoms with Crippen LogP contribution in [-0.4, -0.2) is 5.78 Å². The lowest BCUT2D eigenvalue weighted by Crippen LogP contribution is -1.97. The van der Waals surface area contributed by atoms with E-state index in [0.717, 1.165) is 19.3 Å². The van der Waals surface area contributed by atoms with Crippen LogP contribution in [-0.2, 0) is 4.79 Å². The van der Waals surface area contributed by atoms with Crippen LogP contribution >= 0.6 is 0 Å². The molecule has 0 unspecified atom stereocenters. The van der Waals surface area contributed by atoms with Crippen molar-refractivity contribution in [3.05, 3.63) is 11.6 Å². The molecule has 0 N–H and O–H groups in total. The predicted molar refractivity (Wildman–Crippen MR) is 37.2 cm³/mol. The Kier molecular flexibility index (Phi) is 2.22. The van der Waals surface area contributed by atoms with Gasteiger partial charge in [0.25, 0.3) is 0 Å². The monoisotopic (exact) mass is 135 g/mol. The Bertz CT molecular complexity index is 210. The second-order valence-electron chi connectivity index (χ2n) is 2.40. The van der Waals surface area contributed by atoms with Crippen molar-refractivity contribution in [3.8, 4) is 6.07 Å². The number of nitriles is 1. The molecule has 1 aliphatic carbocycles. The summed E-state index contributed by atoms with van der Waals surface area (Å²) in [6.45, 7) is 0. The second kappa shape index (κ2) is 3.17. The average Bonchev–Trinajstić information content (AvgIpc) is 2.13. The van der Waals surface area contributed by atoms with E-state index in [0.29, 0.717) is 12.0 Å². The number of rotatable bonds is 0. The fourth-order valence-electron chi connectivity index (χ4n) is 1.03. The molecule has 2 nitrogen and oxygen atoms in total. The van der Waals surface area contributed by atoms with E-state index < -0.39 is 0 Å². The molecule has 0 aromatic heterocycles. The maximum absolute atomic E-state index is 11.0. The molecule has 0 aromatic rings. The Morgan fingerprint density at radius 3 is 3.00 bits per heavy atom. The highest BCUT2D eigenvalue weighted by atomic mass is 16.1. The zero-order valence-electron chi connectivity index (χ0n) is 5.76. The van der Waals surface area contributed by atoms with Crippen LogP contribution < -0.4 is 0 Å². The minimum absolute atomic E-state index is 0.0139. The quantitative estimate of drug-likeness (QED) is 0.506. The third-order valence-electron chi connectivity index (χ3n) is 1.63. The van der Waals surface area contributed by atoms with Crippen LogP contribution in [0.2, 0.25) is 0 Å². The van der Waals surface area contributed by atoms with E-state index >= 15 is 0 Å². The van der Waals surface area contributed by atoms with E-state index in [4.69, 9.17) is 5.26 Å². The number of carbonyl (C=O) groups excluding carboxylic acids is 1. The van der Waals surface area contributed by atoms with Gasteiger partial charge in [-0.25, -0.2) is 0 Å². The minimum Gasteiger partial charge on any atom is -0.293 e. The standard InChI is InChI=1S/C8H9NO/c9-6-7-4-2-1-3-5-8(7)10/h4H,1-3,5H2. The lowest BCUT2D eigenvalue weighted by molar-refractivity contribution is -0.115. The molecule has 10 heavy (non-hydrogen) atoms. The van der Waals surface area contributed by atoms with Crippen LogP contribution in [0.1, 0.15) is 25.7 Å². The molecule has 0 saturated carbocycles. The second-order valence-corrected chi connectivity index (χ2v) is 2.40. The first-order valence-electron chi connectivity index (χ1n) is 3.48. The summed E-state index contributed by atoms with van der Waals surface area (Å²) >= 11 is 0. The van der Waals surface area contributed by atoms with Crippen molar-refractivity contribution in [1.29, 1.82) is 5.26 Å². The van der Waals surface area contributed by atoms with Crippen molar-refractivity contribution in [3.63, 3.8) is 0 Å². The largest absolute Gasteiger partial charge is 0.293 e. The fourth-order valence-corrected chi connectivity index (χ4v) is 1.03. The van der Waals surface area contributed by atoms with Crippen molar-refractivity contribution >= 4 is 5.78 Å². The summed E-state index contributed by atoms with van der Waals surface area (Å²) in [4.78, 5) is 11.0.